The second-order valence-corrected chi connectivity index (χ2v) is 5.93. The highest BCUT2D eigenvalue weighted by Gasteiger charge is 2.34. The number of halogens is 3. The van der Waals surface area contributed by atoms with E-state index in [1.165, 1.54) is 22.7 Å². The Morgan fingerprint density at radius 3 is 2.92 bits per heavy atom. The van der Waals surface area contributed by atoms with Crippen LogP contribution in [0.3, 0.4) is 0 Å². The molecule has 0 radical (unpaired) electrons. The molecule has 0 aromatic carbocycles. The van der Waals surface area contributed by atoms with Crippen LogP contribution < -0.4 is 5.32 Å². The number of rotatable bonds is 7. The fourth-order valence-electron chi connectivity index (χ4n) is 2.45. The number of methoxy groups -OCH3 is 1. The summed E-state index contributed by atoms with van der Waals surface area (Å²) in [6.07, 6.45) is 2.02. The fourth-order valence-corrected chi connectivity index (χ4v) is 2.82. The lowest BCUT2D eigenvalue weighted by molar-refractivity contribution is -0.117. The monoisotopic (exact) mass is 359 g/mol. The van der Waals surface area contributed by atoms with Crippen molar-refractivity contribution in [2.75, 3.05) is 12.4 Å². The molecule has 0 aliphatic heterocycles. The Morgan fingerprint density at radius 1 is 1.54 bits per heavy atom. The molecule has 10 heteroatoms. The summed E-state index contributed by atoms with van der Waals surface area (Å²) in [4.78, 5) is 12.2. The predicted molar refractivity (Wildman–Crippen MR) is 82.0 cm³/mol. The minimum atomic E-state index is -2.77. The molecular weight excluding hydrogens is 344 g/mol. The Labute approximate surface area is 141 Å². The molecule has 2 heterocycles. The molecule has 1 aliphatic carbocycles. The van der Waals surface area contributed by atoms with Gasteiger partial charge in [0.1, 0.15) is 19.0 Å². The zero-order chi connectivity index (χ0) is 17.3. The number of hydrogen-bond donors (Lipinski definition) is 1. The van der Waals surface area contributed by atoms with Crippen molar-refractivity contribution in [3.05, 3.63) is 28.8 Å². The third-order valence-electron chi connectivity index (χ3n) is 3.60. The third-order valence-corrected chi connectivity index (χ3v) is 3.99. The molecule has 2 aromatic heterocycles. The first-order chi connectivity index (χ1) is 11.5. The van der Waals surface area contributed by atoms with Crippen molar-refractivity contribution >= 4 is 23.2 Å². The highest BCUT2D eigenvalue weighted by atomic mass is 35.5. The van der Waals surface area contributed by atoms with Gasteiger partial charge in [-0.15, -0.1) is 0 Å². The van der Waals surface area contributed by atoms with Gasteiger partial charge in [0, 0.05) is 13.0 Å². The van der Waals surface area contributed by atoms with Crippen molar-refractivity contribution < 1.29 is 18.3 Å². The van der Waals surface area contributed by atoms with Gasteiger partial charge >= 0.3 is 0 Å². The quantitative estimate of drug-likeness (QED) is 0.825. The maximum absolute atomic E-state index is 13.0. The van der Waals surface area contributed by atoms with E-state index in [0.29, 0.717) is 11.4 Å². The Kier molecular flexibility index (Phi) is 4.81. The number of nitrogens with one attached hydrogen (secondary N) is 1. The van der Waals surface area contributed by atoms with Crippen LogP contribution in [0.2, 0.25) is 5.02 Å². The SMILES string of the molecule is COCn1cc(NC(=O)Cn2nc(C(F)F)c(Cl)c2C2CC2)cn1. The van der Waals surface area contributed by atoms with Crippen LogP contribution >= 0.6 is 11.6 Å². The lowest BCUT2D eigenvalue weighted by Gasteiger charge is -2.07. The maximum atomic E-state index is 13.0. The van der Waals surface area contributed by atoms with Crippen molar-refractivity contribution in [3.8, 4) is 0 Å². The summed E-state index contributed by atoms with van der Waals surface area (Å²) in [7, 11) is 1.53. The van der Waals surface area contributed by atoms with Gasteiger partial charge in [0.05, 0.1) is 28.8 Å². The first kappa shape index (κ1) is 16.8. The van der Waals surface area contributed by atoms with Gasteiger partial charge in [-0.25, -0.2) is 13.5 Å². The molecule has 1 fully saturated rings. The van der Waals surface area contributed by atoms with E-state index in [2.05, 4.69) is 15.5 Å². The van der Waals surface area contributed by atoms with E-state index >= 15 is 0 Å². The normalized spacial score (nSPS) is 14.4. The largest absolute Gasteiger partial charge is 0.362 e. The Balaban J connectivity index is 1.72. The molecule has 0 bridgehead atoms. The zero-order valence-electron chi connectivity index (χ0n) is 12.9. The first-order valence-corrected chi connectivity index (χ1v) is 7.73. The smallest absolute Gasteiger partial charge is 0.283 e. The summed E-state index contributed by atoms with van der Waals surface area (Å²) in [5.41, 5.74) is 0.522. The predicted octanol–water partition coefficient (Wildman–Crippen LogP) is 2.79. The molecule has 24 heavy (non-hydrogen) atoms. The van der Waals surface area contributed by atoms with Gasteiger partial charge in [-0.05, 0) is 12.8 Å². The summed E-state index contributed by atoms with van der Waals surface area (Å²) in [6, 6.07) is 0. The fraction of sp³-hybridized carbons (Fsp3) is 0.500. The highest BCUT2D eigenvalue weighted by molar-refractivity contribution is 6.32. The molecule has 1 N–H and O–H groups in total. The van der Waals surface area contributed by atoms with Gasteiger partial charge in [0.15, 0.2) is 0 Å². The van der Waals surface area contributed by atoms with E-state index in [4.69, 9.17) is 16.3 Å². The van der Waals surface area contributed by atoms with Crippen molar-refractivity contribution in [2.45, 2.75) is 38.5 Å². The highest BCUT2D eigenvalue weighted by Crippen LogP contribution is 2.45. The van der Waals surface area contributed by atoms with Crippen LogP contribution in [-0.2, 0) is 22.8 Å². The van der Waals surface area contributed by atoms with Gasteiger partial charge < -0.3 is 10.1 Å². The van der Waals surface area contributed by atoms with Crippen LogP contribution in [0.25, 0.3) is 0 Å². The van der Waals surface area contributed by atoms with Crippen LogP contribution in [0.1, 0.15) is 36.6 Å². The molecule has 130 valence electrons. The standard InChI is InChI=1S/C14H16ClF2N5O2/c1-24-7-21-5-9(4-18-21)19-10(23)6-22-13(8-2-3-8)11(15)12(20-22)14(16)17/h4-5,8,14H,2-3,6-7H2,1H3,(H,19,23). The lowest BCUT2D eigenvalue weighted by atomic mass is 10.2. The van der Waals surface area contributed by atoms with Crippen molar-refractivity contribution in [2.24, 2.45) is 0 Å². The Morgan fingerprint density at radius 2 is 2.29 bits per heavy atom. The number of nitrogens with zero attached hydrogens (tertiary/aromatic N) is 4. The van der Waals surface area contributed by atoms with Crippen LogP contribution in [0.4, 0.5) is 14.5 Å². The Hall–Kier alpha value is -2.00. The number of carbonyl (C=O) groups is 1. The molecule has 0 unspecified atom stereocenters. The minimum absolute atomic E-state index is 0.0341. The average Bonchev–Trinajstić information content (AvgIpc) is 3.16. The van der Waals surface area contributed by atoms with Gasteiger partial charge in [-0.1, -0.05) is 11.6 Å². The summed E-state index contributed by atoms with van der Waals surface area (Å²) in [6.45, 7) is 0.0714. The van der Waals surface area contributed by atoms with E-state index < -0.39 is 18.0 Å². The van der Waals surface area contributed by atoms with E-state index in [1.54, 1.807) is 6.20 Å². The topological polar surface area (TPSA) is 74.0 Å². The summed E-state index contributed by atoms with van der Waals surface area (Å²) in [5, 5.41) is 10.4. The summed E-state index contributed by atoms with van der Waals surface area (Å²) in [5.74, 6) is -0.302. The van der Waals surface area contributed by atoms with Crippen molar-refractivity contribution in [1.29, 1.82) is 0 Å². The van der Waals surface area contributed by atoms with E-state index in [-0.39, 0.29) is 24.2 Å². The summed E-state index contributed by atoms with van der Waals surface area (Å²) < 4.78 is 33.7. The molecule has 1 aliphatic rings. The van der Waals surface area contributed by atoms with Crippen LogP contribution in [0.15, 0.2) is 12.4 Å². The molecule has 3 rings (SSSR count). The van der Waals surface area contributed by atoms with E-state index in [0.717, 1.165) is 12.8 Å². The number of hydrogen-bond acceptors (Lipinski definition) is 4. The molecule has 7 nitrogen and oxygen atoms in total. The zero-order valence-corrected chi connectivity index (χ0v) is 13.6. The Bertz CT molecular complexity index is 742. The molecule has 1 saturated carbocycles. The first-order valence-electron chi connectivity index (χ1n) is 7.35. The van der Waals surface area contributed by atoms with E-state index in [1.807, 2.05) is 0 Å². The van der Waals surface area contributed by atoms with Crippen LogP contribution in [-0.4, -0.2) is 32.6 Å². The molecule has 0 saturated heterocycles. The van der Waals surface area contributed by atoms with Gasteiger partial charge in [-0.2, -0.15) is 10.2 Å². The number of anilines is 1. The average molecular weight is 360 g/mol. The molecule has 0 atom stereocenters. The van der Waals surface area contributed by atoms with Crippen molar-refractivity contribution in [1.82, 2.24) is 19.6 Å². The van der Waals surface area contributed by atoms with E-state index in [9.17, 15) is 13.6 Å². The molecule has 0 spiro atoms. The number of carbonyl (C=O) groups excluding carboxylic acids is 1. The molecular formula is C14H16ClF2N5O2. The number of amides is 1. The number of alkyl halides is 2. The maximum Gasteiger partial charge on any atom is 0.283 e. The number of aromatic nitrogens is 4. The van der Waals surface area contributed by atoms with Gasteiger partial charge in [0.25, 0.3) is 6.43 Å². The molecule has 2 aromatic rings. The lowest BCUT2D eigenvalue weighted by Crippen LogP contribution is -2.20. The van der Waals surface area contributed by atoms with Gasteiger partial charge in [-0.3, -0.25) is 9.48 Å². The number of ether oxygens (including phenoxy) is 1. The second-order valence-electron chi connectivity index (χ2n) is 5.55. The van der Waals surface area contributed by atoms with Crippen LogP contribution in [0, 0.1) is 0 Å². The van der Waals surface area contributed by atoms with Crippen LogP contribution in [0.5, 0.6) is 0 Å². The third kappa shape index (κ3) is 3.57. The van der Waals surface area contributed by atoms with Crippen molar-refractivity contribution in [3.63, 3.8) is 0 Å². The summed E-state index contributed by atoms with van der Waals surface area (Å²) >= 11 is 6.02. The molecule has 1 amide bonds. The minimum Gasteiger partial charge on any atom is -0.362 e. The van der Waals surface area contributed by atoms with Gasteiger partial charge in [0.2, 0.25) is 5.91 Å². The second kappa shape index (κ2) is 6.86.